The number of piperazine rings is 1. The first-order valence-electron chi connectivity index (χ1n) is 10.0. The summed E-state index contributed by atoms with van der Waals surface area (Å²) in [6, 6.07) is 15.3. The summed E-state index contributed by atoms with van der Waals surface area (Å²) in [6.45, 7) is 2.36. The maximum absolute atomic E-state index is 13.4. The largest absolute Gasteiger partial charge is 0.352 e. The van der Waals surface area contributed by atoms with Gasteiger partial charge in [-0.25, -0.2) is 15.0 Å². The van der Waals surface area contributed by atoms with Gasteiger partial charge in [-0.1, -0.05) is 18.2 Å². The molecule has 0 aliphatic carbocycles. The lowest BCUT2D eigenvalue weighted by Gasteiger charge is -2.35. The first kappa shape index (κ1) is 18.8. The van der Waals surface area contributed by atoms with Gasteiger partial charge in [0.15, 0.2) is 0 Å². The maximum Gasteiger partial charge on any atom is 0.256 e. The number of nitrogens with zero attached hydrogens (tertiary/aromatic N) is 7. The Labute approximate surface area is 179 Å². The minimum Gasteiger partial charge on any atom is -0.352 e. The second-order valence-corrected chi connectivity index (χ2v) is 7.24. The number of benzene rings is 1. The van der Waals surface area contributed by atoms with Crippen molar-refractivity contribution in [1.82, 2.24) is 24.4 Å². The Balaban J connectivity index is 1.41. The van der Waals surface area contributed by atoms with Crippen LogP contribution in [0.15, 0.2) is 67.3 Å². The molecule has 1 aromatic carbocycles. The van der Waals surface area contributed by atoms with E-state index in [1.165, 1.54) is 0 Å². The van der Waals surface area contributed by atoms with E-state index >= 15 is 0 Å². The number of hydrogen-bond acceptors (Lipinski definition) is 6. The van der Waals surface area contributed by atoms with E-state index in [1.807, 2.05) is 39.9 Å². The minimum atomic E-state index is -0.0212. The molecule has 3 aromatic heterocycles. The summed E-state index contributed by atoms with van der Waals surface area (Å²) in [4.78, 5) is 30.3. The third-order valence-corrected chi connectivity index (χ3v) is 5.48. The van der Waals surface area contributed by atoms with Gasteiger partial charge >= 0.3 is 0 Å². The van der Waals surface area contributed by atoms with Gasteiger partial charge in [-0.2, -0.15) is 5.26 Å². The molecule has 8 heteroatoms. The predicted octanol–water partition coefficient (Wildman–Crippen LogP) is 2.65. The number of anilines is 1. The van der Waals surface area contributed by atoms with Gasteiger partial charge in [0.2, 0.25) is 5.95 Å². The SMILES string of the molecule is N#Cc1cccnc1N1CCN(C(=O)c2cn(-c3ncccn3)c3ccccc23)CC1. The molecule has 1 aliphatic rings. The van der Waals surface area contributed by atoms with Crippen LogP contribution in [0.5, 0.6) is 0 Å². The average Bonchev–Trinajstić information content (AvgIpc) is 3.24. The number of nitriles is 1. The number of fused-ring (bicyclic) bond motifs is 1. The average molecular weight is 409 g/mol. The summed E-state index contributed by atoms with van der Waals surface area (Å²) in [6.07, 6.45) is 6.88. The summed E-state index contributed by atoms with van der Waals surface area (Å²) in [5.41, 5.74) is 2.07. The summed E-state index contributed by atoms with van der Waals surface area (Å²) in [5.74, 6) is 1.18. The lowest BCUT2D eigenvalue weighted by molar-refractivity contribution is 0.0748. The summed E-state index contributed by atoms with van der Waals surface area (Å²) in [5, 5.41) is 10.2. The molecule has 0 unspecified atom stereocenters. The van der Waals surface area contributed by atoms with Gasteiger partial charge in [-0.3, -0.25) is 9.36 Å². The number of hydrogen-bond donors (Lipinski definition) is 0. The van der Waals surface area contributed by atoms with E-state index in [9.17, 15) is 10.1 Å². The lowest BCUT2D eigenvalue weighted by Crippen LogP contribution is -2.49. The molecule has 1 saturated heterocycles. The molecule has 0 N–H and O–H groups in total. The van der Waals surface area contributed by atoms with Crippen LogP contribution in [0.2, 0.25) is 0 Å². The number of para-hydroxylation sites is 1. The van der Waals surface area contributed by atoms with E-state index < -0.39 is 0 Å². The molecule has 4 aromatic rings. The predicted molar refractivity (Wildman–Crippen MR) is 116 cm³/mol. The fourth-order valence-corrected chi connectivity index (χ4v) is 3.96. The van der Waals surface area contributed by atoms with Crippen LogP contribution in [0.1, 0.15) is 15.9 Å². The van der Waals surface area contributed by atoms with Crippen LogP contribution in [0.4, 0.5) is 5.82 Å². The summed E-state index contributed by atoms with van der Waals surface area (Å²) < 4.78 is 1.85. The van der Waals surface area contributed by atoms with Gasteiger partial charge in [0.05, 0.1) is 16.6 Å². The van der Waals surface area contributed by atoms with Crippen LogP contribution in [-0.2, 0) is 0 Å². The third-order valence-electron chi connectivity index (χ3n) is 5.48. The molecule has 5 rings (SSSR count). The first-order chi connectivity index (χ1) is 15.3. The van der Waals surface area contributed by atoms with Crippen LogP contribution in [-0.4, -0.2) is 56.5 Å². The second kappa shape index (κ2) is 7.88. The van der Waals surface area contributed by atoms with Crippen molar-refractivity contribution < 1.29 is 4.79 Å². The number of pyridine rings is 1. The molecule has 0 spiro atoms. The number of aromatic nitrogens is 4. The molecule has 31 heavy (non-hydrogen) atoms. The maximum atomic E-state index is 13.4. The fourth-order valence-electron chi connectivity index (χ4n) is 3.96. The zero-order valence-corrected chi connectivity index (χ0v) is 16.7. The van der Waals surface area contributed by atoms with Crippen LogP contribution in [0.3, 0.4) is 0 Å². The van der Waals surface area contributed by atoms with Crippen molar-refractivity contribution in [3.63, 3.8) is 0 Å². The monoisotopic (exact) mass is 409 g/mol. The first-order valence-corrected chi connectivity index (χ1v) is 10.0. The van der Waals surface area contributed by atoms with Crippen LogP contribution >= 0.6 is 0 Å². The summed E-state index contributed by atoms with van der Waals surface area (Å²) >= 11 is 0. The zero-order chi connectivity index (χ0) is 21.2. The molecule has 1 amide bonds. The second-order valence-electron chi connectivity index (χ2n) is 7.24. The van der Waals surface area contributed by atoms with E-state index in [0.29, 0.717) is 49.1 Å². The Morgan fingerprint density at radius 2 is 1.65 bits per heavy atom. The van der Waals surface area contributed by atoms with Crippen LogP contribution in [0, 0.1) is 11.3 Å². The fraction of sp³-hybridized carbons (Fsp3) is 0.174. The smallest absolute Gasteiger partial charge is 0.256 e. The Morgan fingerprint density at radius 1 is 0.903 bits per heavy atom. The number of carbonyl (C=O) groups is 1. The van der Waals surface area contributed by atoms with Crippen molar-refractivity contribution in [2.24, 2.45) is 0 Å². The van der Waals surface area contributed by atoms with Crippen LogP contribution < -0.4 is 4.90 Å². The van der Waals surface area contributed by atoms with E-state index in [0.717, 1.165) is 10.9 Å². The Morgan fingerprint density at radius 3 is 2.42 bits per heavy atom. The van der Waals surface area contributed by atoms with E-state index in [4.69, 9.17) is 0 Å². The highest BCUT2D eigenvalue weighted by Gasteiger charge is 2.26. The Hall–Kier alpha value is -4.25. The third kappa shape index (κ3) is 3.36. The molecular weight excluding hydrogens is 390 g/mol. The van der Waals surface area contributed by atoms with Crippen molar-refractivity contribution in [1.29, 1.82) is 5.26 Å². The molecule has 1 fully saturated rings. The van der Waals surface area contributed by atoms with Crippen molar-refractivity contribution in [2.45, 2.75) is 0 Å². The van der Waals surface area contributed by atoms with Crippen molar-refractivity contribution in [3.8, 4) is 12.0 Å². The lowest BCUT2D eigenvalue weighted by atomic mass is 10.1. The highest BCUT2D eigenvalue weighted by Crippen LogP contribution is 2.26. The molecule has 0 saturated carbocycles. The molecule has 152 valence electrons. The van der Waals surface area contributed by atoms with E-state index in [-0.39, 0.29) is 5.91 Å². The molecule has 4 heterocycles. The van der Waals surface area contributed by atoms with Crippen LogP contribution in [0.25, 0.3) is 16.9 Å². The molecule has 0 bridgehead atoms. The van der Waals surface area contributed by atoms with Gasteiger partial charge in [0.25, 0.3) is 5.91 Å². The highest BCUT2D eigenvalue weighted by atomic mass is 16.2. The standard InChI is InChI=1S/C23H19N7O/c24-15-17-5-3-8-25-21(17)28-11-13-29(14-12-28)22(31)19-16-30(23-26-9-4-10-27-23)20-7-2-1-6-18(19)20/h1-10,16H,11-14H2. The van der Waals surface area contributed by atoms with Crippen molar-refractivity contribution in [2.75, 3.05) is 31.1 Å². The molecule has 0 atom stereocenters. The normalized spacial score (nSPS) is 13.9. The number of rotatable bonds is 3. The molecule has 0 radical (unpaired) electrons. The Kier molecular flexibility index (Phi) is 4.77. The van der Waals surface area contributed by atoms with Gasteiger partial charge in [-0.15, -0.1) is 0 Å². The zero-order valence-electron chi connectivity index (χ0n) is 16.7. The quantitative estimate of drug-likeness (QED) is 0.517. The van der Waals surface area contributed by atoms with E-state index in [2.05, 4.69) is 25.9 Å². The molecule has 8 nitrogen and oxygen atoms in total. The number of amides is 1. The molecular formula is C23H19N7O. The van der Waals surface area contributed by atoms with Crippen molar-refractivity contribution in [3.05, 3.63) is 78.4 Å². The topological polar surface area (TPSA) is 90.9 Å². The van der Waals surface area contributed by atoms with E-state index in [1.54, 1.807) is 36.8 Å². The van der Waals surface area contributed by atoms with Crippen molar-refractivity contribution >= 4 is 22.6 Å². The van der Waals surface area contributed by atoms with Gasteiger partial charge in [0.1, 0.15) is 11.9 Å². The summed E-state index contributed by atoms with van der Waals surface area (Å²) in [7, 11) is 0. The molecule has 1 aliphatic heterocycles. The highest BCUT2D eigenvalue weighted by molar-refractivity contribution is 6.07. The van der Waals surface area contributed by atoms with Gasteiger partial charge in [0, 0.05) is 56.4 Å². The van der Waals surface area contributed by atoms with Gasteiger partial charge in [-0.05, 0) is 24.3 Å². The van der Waals surface area contributed by atoms with Gasteiger partial charge < -0.3 is 9.80 Å². The number of carbonyl (C=O) groups excluding carboxylic acids is 1. The minimum absolute atomic E-state index is 0.0212. The Bertz CT molecular complexity index is 1280.